The van der Waals surface area contributed by atoms with E-state index in [0.29, 0.717) is 5.92 Å². The van der Waals surface area contributed by atoms with Crippen molar-refractivity contribution in [2.75, 3.05) is 51.6 Å². The first-order valence-electron chi connectivity index (χ1n) is 8.52. The van der Waals surface area contributed by atoms with Gasteiger partial charge in [-0.15, -0.1) is 12.4 Å². The standard InChI is InChI=1S/C18H28N4O2.ClH/c1-14(2)15-4-6-16(7-5-15)20-17(23)12-21(3)13-18(24)22-10-8-19-9-11-22;/h4-7,14,19H,8-13H2,1-3H3,(H,20,23);1H. The molecule has 0 aliphatic carbocycles. The predicted molar refractivity (Wildman–Crippen MR) is 103 cm³/mol. The van der Waals surface area contributed by atoms with Crippen molar-refractivity contribution in [3.05, 3.63) is 29.8 Å². The summed E-state index contributed by atoms with van der Waals surface area (Å²) < 4.78 is 0. The number of anilines is 1. The molecule has 6 nitrogen and oxygen atoms in total. The van der Waals surface area contributed by atoms with E-state index in [4.69, 9.17) is 0 Å². The van der Waals surface area contributed by atoms with Crippen LogP contribution in [0.1, 0.15) is 25.3 Å². The van der Waals surface area contributed by atoms with Crippen molar-refractivity contribution in [3.8, 4) is 0 Å². The highest BCUT2D eigenvalue weighted by Gasteiger charge is 2.18. The number of amides is 2. The van der Waals surface area contributed by atoms with Gasteiger partial charge >= 0.3 is 0 Å². The largest absolute Gasteiger partial charge is 0.339 e. The number of hydrogen-bond donors (Lipinski definition) is 2. The Morgan fingerprint density at radius 1 is 1.16 bits per heavy atom. The lowest BCUT2D eigenvalue weighted by Gasteiger charge is -2.29. The molecule has 1 aromatic rings. The first-order valence-corrected chi connectivity index (χ1v) is 8.52. The SMILES string of the molecule is CC(C)c1ccc(NC(=O)CN(C)CC(=O)N2CCNCC2)cc1.Cl. The van der Waals surface area contributed by atoms with Gasteiger partial charge in [0.25, 0.3) is 0 Å². The Kier molecular flexibility index (Phi) is 8.89. The molecule has 0 aromatic heterocycles. The monoisotopic (exact) mass is 368 g/mol. The van der Waals surface area contributed by atoms with Crippen LogP contribution in [-0.4, -0.2) is 67.9 Å². The van der Waals surface area contributed by atoms with Gasteiger partial charge in [0.1, 0.15) is 0 Å². The maximum absolute atomic E-state index is 12.2. The van der Waals surface area contributed by atoms with E-state index in [-0.39, 0.29) is 37.3 Å². The van der Waals surface area contributed by atoms with Crippen molar-refractivity contribution in [2.45, 2.75) is 19.8 Å². The highest BCUT2D eigenvalue weighted by Crippen LogP contribution is 2.17. The molecule has 0 saturated carbocycles. The summed E-state index contributed by atoms with van der Waals surface area (Å²) in [6.45, 7) is 7.88. The zero-order valence-corrected chi connectivity index (χ0v) is 16.1. The molecule has 1 aliphatic rings. The molecule has 2 amide bonds. The molecular weight excluding hydrogens is 340 g/mol. The minimum atomic E-state index is -0.108. The Balaban J connectivity index is 0.00000312. The maximum atomic E-state index is 12.2. The maximum Gasteiger partial charge on any atom is 0.238 e. The summed E-state index contributed by atoms with van der Waals surface area (Å²) in [7, 11) is 1.79. The summed E-state index contributed by atoms with van der Waals surface area (Å²) >= 11 is 0. The second kappa shape index (κ2) is 10.4. The number of benzene rings is 1. The molecule has 140 valence electrons. The molecule has 1 heterocycles. The fourth-order valence-corrected chi connectivity index (χ4v) is 2.70. The Morgan fingerprint density at radius 3 is 2.32 bits per heavy atom. The molecule has 0 atom stereocenters. The van der Waals surface area contributed by atoms with E-state index in [2.05, 4.69) is 24.5 Å². The van der Waals surface area contributed by atoms with E-state index < -0.39 is 0 Å². The van der Waals surface area contributed by atoms with Gasteiger partial charge in [-0.2, -0.15) is 0 Å². The summed E-state index contributed by atoms with van der Waals surface area (Å²) in [5.74, 6) is 0.438. The van der Waals surface area contributed by atoms with Gasteiger partial charge in [-0.25, -0.2) is 0 Å². The molecule has 2 N–H and O–H groups in total. The number of likely N-dealkylation sites (N-methyl/N-ethyl adjacent to an activating group) is 1. The summed E-state index contributed by atoms with van der Waals surface area (Å²) in [6, 6.07) is 7.88. The number of piperazine rings is 1. The molecule has 1 saturated heterocycles. The summed E-state index contributed by atoms with van der Waals surface area (Å²) in [5.41, 5.74) is 2.03. The van der Waals surface area contributed by atoms with Gasteiger partial charge in [-0.05, 0) is 30.7 Å². The van der Waals surface area contributed by atoms with Crippen LogP contribution in [-0.2, 0) is 9.59 Å². The lowest BCUT2D eigenvalue weighted by Crippen LogP contribution is -2.49. The third kappa shape index (κ3) is 7.02. The van der Waals surface area contributed by atoms with Crippen LogP contribution in [0.2, 0.25) is 0 Å². The Labute approximate surface area is 156 Å². The van der Waals surface area contributed by atoms with E-state index in [9.17, 15) is 9.59 Å². The summed E-state index contributed by atoms with van der Waals surface area (Å²) in [5, 5.41) is 6.10. The zero-order valence-electron chi connectivity index (χ0n) is 15.2. The topological polar surface area (TPSA) is 64.7 Å². The fraction of sp³-hybridized carbons (Fsp3) is 0.556. The lowest BCUT2D eigenvalue weighted by molar-refractivity contribution is -0.133. The van der Waals surface area contributed by atoms with Crippen LogP contribution in [0.25, 0.3) is 0 Å². The molecule has 0 bridgehead atoms. The number of rotatable bonds is 6. The van der Waals surface area contributed by atoms with Crippen LogP contribution < -0.4 is 10.6 Å². The predicted octanol–water partition coefficient (Wildman–Crippen LogP) is 1.53. The minimum absolute atomic E-state index is 0. The van der Waals surface area contributed by atoms with Crippen LogP contribution in [0.5, 0.6) is 0 Å². The van der Waals surface area contributed by atoms with Crippen molar-refractivity contribution >= 4 is 29.9 Å². The lowest BCUT2D eigenvalue weighted by atomic mass is 10.0. The normalized spacial score (nSPS) is 14.4. The van der Waals surface area contributed by atoms with Crippen molar-refractivity contribution in [1.29, 1.82) is 0 Å². The number of carbonyl (C=O) groups excluding carboxylic acids is 2. The molecule has 1 aliphatic heterocycles. The van der Waals surface area contributed by atoms with E-state index in [1.54, 1.807) is 11.9 Å². The Bertz CT molecular complexity index is 557. The van der Waals surface area contributed by atoms with Gasteiger partial charge in [0, 0.05) is 31.9 Å². The van der Waals surface area contributed by atoms with Crippen LogP contribution in [0.15, 0.2) is 24.3 Å². The van der Waals surface area contributed by atoms with Crippen molar-refractivity contribution < 1.29 is 9.59 Å². The second-order valence-electron chi connectivity index (χ2n) is 6.63. The first-order chi connectivity index (χ1) is 11.5. The van der Waals surface area contributed by atoms with Gasteiger partial charge in [0.2, 0.25) is 11.8 Å². The molecular formula is C18H29ClN4O2. The molecule has 1 aromatic carbocycles. The zero-order chi connectivity index (χ0) is 17.5. The van der Waals surface area contributed by atoms with Crippen LogP contribution in [0.3, 0.4) is 0 Å². The number of nitrogens with one attached hydrogen (secondary N) is 2. The van der Waals surface area contributed by atoms with E-state index >= 15 is 0 Å². The van der Waals surface area contributed by atoms with Gasteiger partial charge in [0.15, 0.2) is 0 Å². The van der Waals surface area contributed by atoms with Gasteiger partial charge in [-0.3, -0.25) is 14.5 Å². The summed E-state index contributed by atoms with van der Waals surface area (Å²) in [4.78, 5) is 27.9. The van der Waals surface area contributed by atoms with Crippen LogP contribution in [0.4, 0.5) is 5.69 Å². The molecule has 25 heavy (non-hydrogen) atoms. The van der Waals surface area contributed by atoms with Gasteiger partial charge in [-0.1, -0.05) is 26.0 Å². The van der Waals surface area contributed by atoms with Crippen molar-refractivity contribution in [3.63, 3.8) is 0 Å². The average molecular weight is 369 g/mol. The second-order valence-corrected chi connectivity index (χ2v) is 6.63. The molecule has 2 rings (SSSR count). The number of halogens is 1. The van der Waals surface area contributed by atoms with Gasteiger partial charge in [0.05, 0.1) is 13.1 Å². The quantitative estimate of drug-likeness (QED) is 0.799. The smallest absolute Gasteiger partial charge is 0.238 e. The number of nitrogens with zero attached hydrogens (tertiary/aromatic N) is 2. The van der Waals surface area contributed by atoms with Crippen molar-refractivity contribution in [1.82, 2.24) is 15.1 Å². The number of hydrogen-bond acceptors (Lipinski definition) is 4. The number of carbonyl (C=O) groups is 2. The van der Waals surface area contributed by atoms with E-state index in [1.807, 2.05) is 29.2 Å². The summed E-state index contributed by atoms with van der Waals surface area (Å²) in [6.07, 6.45) is 0. The molecule has 1 fully saturated rings. The molecule has 0 radical (unpaired) electrons. The Hall–Kier alpha value is -1.63. The van der Waals surface area contributed by atoms with E-state index in [0.717, 1.165) is 31.9 Å². The highest BCUT2D eigenvalue weighted by molar-refractivity contribution is 5.92. The third-order valence-electron chi connectivity index (χ3n) is 4.15. The molecule has 7 heteroatoms. The minimum Gasteiger partial charge on any atom is -0.339 e. The first kappa shape index (κ1) is 21.4. The average Bonchev–Trinajstić information content (AvgIpc) is 2.55. The molecule has 0 spiro atoms. The highest BCUT2D eigenvalue weighted by atomic mass is 35.5. The molecule has 0 unspecified atom stereocenters. The van der Waals surface area contributed by atoms with Crippen LogP contribution >= 0.6 is 12.4 Å². The fourth-order valence-electron chi connectivity index (χ4n) is 2.70. The van der Waals surface area contributed by atoms with Crippen molar-refractivity contribution in [2.24, 2.45) is 0 Å². The van der Waals surface area contributed by atoms with Gasteiger partial charge < -0.3 is 15.5 Å². The van der Waals surface area contributed by atoms with E-state index in [1.165, 1.54) is 5.56 Å². The van der Waals surface area contributed by atoms with Crippen LogP contribution in [0, 0.1) is 0 Å². The Morgan fingerprint density at radius 2 is 1.76 bits per heavy atom. The third-order valence-corrected chi connectivity index (χ3v) is 4.15.